The summed E-state index contributed by atoms with van der Waals surface area (Å²) in [6.07, 6.45) is 0.197. The maximum atomic E-state index is 12.6. The number of rotatable bonds is 6. The van der Waals surface area contributed by atoms with Gasteiger partial charge in [0.05, 0.1) is 24.3 Å². The van der Waals surface area contributed by atoms with Crippen LogP contribution in [0.2, 0.25) is 5.02 Å². The molecule has 0 atom stereocenters. The third-order valence-electron chi connectivity index (χ3n) is 6.04. The number of halogens is 1. The molecular weight excluding hydrogens is 438 g/mol. The molecule has 33 heavy (non-hydrogen) atoms. The van der Waals surface area contributed by atoms with Crippen LogP contribution in [0.5, 0.6) is 0 Å². The Morgan fingerprint density at radius 1 is 0.939 bits per heavy atom. The predicted molar refractivity (Wildman–Crippen MR) is 130 cm³/mol. The average molecular weight is 466 g/mol. The highest BCUT2D eigenvalue weighted by Crippen LogP contribution is 2.20. The Bertz CT molecular complexity index is 1120. The number of benzene rings is 2. The van der Waals surface area contributed by atoms with Gasteiger partial charge in [0, 0.05) is 48.1 Å². The van der Waals surface area contributed by atoms with Crippen molar-refractivity contribution in [1.29, 1.82) is 0 Å². The summed E-state index contributed by atoms with van der Waals surface area (Å²) in [6, 6.07) is 17.6. The molecule has 0 radical (unpaired) electrons. The molecule has 2 amide bonds. The second-order valence-corrected chi connectivity index (χ2v) is 8.63. The topological polar surface area (TPSA) is 70.5 Å². The Kier molecular flexibility index (Phi) is 6.99. The van der Waals surface area contributed by atoms with Crippen molar-refractivity contribution in [2.24, 2.45) is 0 Å². The van der Waals surface area contributed by atoms with Gasteiger partial charge < -0.3 is 15.1 Å². The smallest absolute Gasteiger partial charge is 0.242 e. The van der Waals surface area contributed by atoms with E-state index in [-0.39, 0.29) is 24.8 Å². The molecule has 0 bridgehead atoms. The SMILES string of the molecule is Cc1nn(-c2ccccc2)c(C)c1CC(=O)NCC(=O)N1CCN(c2ccc(Cl)cc2)CC1. The second kappa shape index (κ2) is 10.1. The van der Waals surface area contributed by atoms with E-state index in [1.807, 2.05) is 73.1 Å². The van der Waals surface area contributed by atoms with Crippen LogP contribution in [0.15, 0.2) is 54.6 Å². The zero-order valence-corrected chi connectivity index (χ0v) is 19.7. The highest BCUT2D eigenvalue weighted by atomic mass is 35.5. The lowest BCUT2D eigenvalue weighted by Crippen LogP contribution is -2.51. The Labute approximate surface area is 198 Å². The fourth-order valence-electron chi connectivity index (χ4n) is 4.13. The summed E-state index contributed by atoms with van der Waals surface area (Å²) in [7, 11) is 0. The zero-order chi connectivity index (χ0) is 23.4. The van der Waals surface area contributed by atoms with E-state index in [2.05, 4.69) is 15.3 Å². The minimum Gasteiger partial charge on any atom is -0.368 e. The van der Waals surface area contributed by atoms with Gasteiger partial charge in [-0.05, 0) is 50.2 Å². The number of hydrogen-bond donors (Lipinski definition) is 1. The first-order valence-electron chi connectivity index (χ1n) is 11.1. The lowest BCUT2D eigenvalue weighted by molar-refractivity contribution is -0.133. The molecule has 0 unspecified atom stereocenters. The van der Waals surface area contributed by atoms with E-state index in [0.717, 1.165) is 41.4 Å². The molecule has 1 aromatic heterocycles. The summed E-state index contributed by atoms with van der Waals surface area (Å²) in [4.78, 5) is 29.2. The third kappa shape index (κ3) is 5.37. The van der Waals surface area contributed by atoms with Crippen molar-refractivity contribution in [2.45, 2.75) is 20.3 Å². The van der Waals surface area contributed by atoms with Crippen LogP contribution in [0.1, 0.15) is 17.0 Å². The molecule has 0 spiro atoms. The number of carbonyl (C=O) groups excluding carboxylic acids is 2. The van der Waals surface area contributed by atoms with Crippen molar-refractivity contribution < 1.29 is 9.59 Å². The molecule has 2 aromatic carbocycles. The number of nitrogens with zero attached hydrogens (tertiary/aromatic N) is 4. The molecule has 1 aliphatic rings. The van der Waals surface area contributed by atoms with Gasteiger partial charge in [-0.25, -0.2) is 4.68 Å². The number of piperazine rings is 1. The molecule has 1 aliphatic heterocycles. The molecule has 0 aliphatic carbocycles. The van der Waals surface area contributed by atoms with Crippen molar-refractivity contribution >= 4 is 29.1 Å². The van der Waals surface area contributed by atoms with Crippen LogP contribution in [0.25, 0.3) is 5.69 Å². The Balaban J connectivity index is 1.28. The van der Waals surface area contributed by atoms with Gasteiger partial charge in [-0.1, -0.05) is 29.8 Å². The summed E-state index contributed by atoms with van der Waals surface area (Å²) < 4.78 is 1.85. The fraction of sp³-hybridized carbons (Fsp3) is 0.320. The minimum atomic E-state index is -0.179. The lowest BCUT2D eigenvalue weighted by atomic mass is 10.1. The third-order valence-corrected chi connectivity index (χ3v) is 6.29. The molecule has 7 nitrogen and oxygen atoms in total. The molecule has 1 N–H and O–H groups in total. The maximum Gasteiger partial charge on any atom is 0.242 e. The molecule has 3 aromatic rings. The number of amides is 2. The van der Waals surface area contributed by atoms with Gasteiger partial charge in [0.15, 0.2) is 0 Å². The number of aryl methyl sites for hydroxylation is 1. The highest BCUT2D eigenvalue weighted by molar-refractivity contribution is 6.30. The number of aromatic nitrogens is 2. The second-order valence-electron chi connectivity index (χ2n) is 8.19. The summed E-state index contributed by atoms with van der Waals surface area (Å²) in [5, 5.41) is 8.08. The summed E-state index contributed by atoms with van der Waals surface area (Å²) >= 11 is 5.96. The van der Waals surface area contributed by atoms with Crippen molar-refractivity contribution in [1.82, 2.24) is 20.0 Å². The van der Waals surface area contributed by atoms with Gasteiger partial charge in [-0.15, -0.1) is 0 Å². The first kappa shape index (κ1) is 22.9. The van der Waals surface area contributed by atoms with Gasteiger partial charge in [0.25, 0.3) is 0 Å². The molecule has 1 saturated heterocycles. The number of anilines is 1. The van der Waals surface area contributed by atoms with E-state index in [0.29, 0.717) is 18.1 Å². The van der Waals surface area contributed by atoms with Crippen LogP contribution in [-0.4, -0.2) is 59.2 Å². The van der Waals surface area contributed by atoms with Crippen LogP contribution in [-0.2, 0) is 16.0 Å². The van der Waals surface area contributed by atoms with Crippen LogP contribution in [0.4, 0.5) is 5.69 Å². The molecular formula is C25H28ClN5O2. The zero-order valence-electron chi connectivity index (χ0n) is 18.9. The molecule has 4 rings (SSSR count). The number of carbonyl (C=O) groups is 2. The Hall–Kier alpha value is -3.32. The van der Waals surface area contributed by atoms with E-state index in [1.54, 1.807) is 4.90 Å². The van der Waals surface area contributed by atoms with Crippen LogP contribution in [0.3, 0.4) is 0 Å². The van der Waals surface area contributed by atoms with Gasteiger partial charge in [-0.3, -0.25) is 9.59 Å². The number of hydrogen-bond acceptors (Lipinski definition) is 4. The number of para-hydroxylation sites is 1. The molecule has 2 heterocycles. The molecule has 1 fully saturated rings. The van der Waals surface area contributed by atoms with E-state index in [9.17, 15) is 9.59 Å². The molecule has 8 heteroatoms. The van der Waals surface area contributed by atoms with Gasteiger partial charge >= 0.3 is 0 Å². The van der Waals surface area contributed by atoms with E-state index < -0.39 is 0 Å². The Morgan fingerprint density at radius 3 is 2.27 bits per heavy atom. The van der Waals surface area contributed by atoms with Crippen molar-refractivity contribution in [3.8, 4) is 5.69 Å². The Morgan fingerprint density at radius 2 is 1.61 bits per heavy atom. The predicted octanol–water partition coefficient (Wildman–Crippen LogP) is 3.15. The molecule has 0 saturated carbocycles. The first-order valence-corrected chi connectivity index (χ1v) is 11.5. The van der Waals surface area contributed by atoms with Gasteiger partial charge in [0.1, 0.15) is 0 Å². The summed E-state index contributed by atoms with van der Waals surface area (Å²) in [6.45, 7) is 6.61. The van der Waals surface area contributed by atoms with Crippen LogP contribution in [0, 0.1) is 13.8 Å². The first-order chi connectivity index (χ1) is 15.9. The minimum absolute atomic E-state index is 0.00466. The van der Waals surface area contributed by atoms with Gasteiger partial charge in [-0.2, -0.15) is 5.10 Å². The van der Waals surface area contributed by atoms with E-state index in [4.69, 9.17) is 11.6 Å². The fourth-order valence-corrected chi connectivity index (χ4v) is 4.25. The standard InChI is InChI=1S/C25H28ClN5O2/c1-18-23(19(2)31(28-18)22-6-4-3-5-7-22)16-24(32)27-17-25(33)30-14-12-29(13-15-30)21-10-8-20(26)9-11-21/h3-11H,12-17H2,1-2H3,(H,27,32). The quantitative estimate of drug-likeness (QED) is 0.607. The number of nitrogens with one attached hydrogen (secondary N) is 1. The van der Waals surface area contributed by atoms with Crippen molar-refractivity contribution in [3.63, 3.8) is 0 Å². The van der Waals surface area contributed by atoms with Crippen LogP contribution < -0.4 is 10.2 Å². The lowest BCUT2D eigenvalue weighted by Gasteiger charge is -2.36. The van der Waals surface area contributed by atoms with E-state index >= 15 is 0 Å². The summed E-state index contributed by atoms with van der Waals surface area (Å²) in [5.74, 6) is -0.241. The van der Waals surface area contributed by atoms with Gasteiger partial charge in [0.2, 0.25) is 11.8 Å². The van der Waals surface area contributed by atoms with E-state index in [1.165, 1.54) is 0 Å². The average Bonchev–Trinajstić information content (AvgIpc) is 3.12. The van der Waals surface area contributed by atoms with Crippen molar-refractivity contribution in [3.05, 3.63) is 76.6 Å². The largest absolute Gasteiger partial charge is 0.368 e. The molecule has 172 valence electrons. The normalized spacial score (nSPS) is 13.8. The maximum absolute atomic E-state index is 12.6. The highest BCUT2D eigenvalue weighted by Gasteiger charge is 2.22. The van der Waals surface area contributed by atoms with Crippen LogP contribution >= 0.6 is 11.6 Å². The monoisotopic (exact) mass is 465 g/mol. The summed E-state index contributed by atoms with van der Waals surface area (Å²) in [5.41, 5.74) is 4.69. The van der Waals surface area contributed by atoms with Crippen molar-refractivity contribution in [2.75, 3.05) is 37.6 Å².